The summed E-state index contributed by atoms with van der Waals surface area (Å²) < 4.78 is 34.2. The van der Waals surface area contributed by atoms with Crippen LogP contribution in [-0.2, 0) is 25.0 Å². The van der Waals surface area contributed by atoms with Gasteiger partial charge < -0.3 is 0 Å². The average molecular weight is 214 g/mol. The summed E-state index contributed by atoms with van der Waals surface area (Å²) in [4.78, 5) is 0. The van der Waals surface area contributed by atoms with Crippen molar-refractivity contribution in [1.29, 1.82) is 0 Å². The molecule has 0 aromatic heterocycles. The average Bonchev–Trinajstić information content (AvgIpc) is 1.83. The summed E-state index contributed by atoms with van der Waals surface area (Å²) in [6, 6.07) is 0. The second-order valence-corrected chi connectivity index (χ2v) is 5.12. The first-order valence-corrected chi connectivity index (χ1v) is 6.23. The van der Waals surface area contributed by atoms with Gasteiger partial charge in [-0.3, -0.25) is 0 Å². The van der Waals surface area contributed by atoms with Gasteiger partial charge in [-0.15, -0.1) is 0 Å². The molecule has 0 saturated heterocycles. The zero-order chi connectivity index (χ0) is 9.24. The van der Waals surface area contributed by atoms with Crippen LogP contribution in [0, 0.1) is 0 Å². The first-order valence-electron chi connectivity index (χ1n) is 4.09. The maximum absolute atomic E-state index is 10.5. The third-order valence-corrected chi connectivity index (χ3v) is 3.17. The van der Waals surface area contributed by atoms with Gasteiger partial charge in [-0.05, 0) is 0 Å². The Morgan fingerprint density at radius 2 is 1.75 bits per heavy atom. The van der Waals surface area contributed by atoms with Crippen LogP contribution >= 0.6 is 0 Å². The van der Waals surface area contributed by atoms with Crippen LogP contribution in [-0.4, -0.2) is 9.76 Å². The van der Waals surface area contributed by atoms with Crippen LogP contribution in [0.15, 0.2) is 0 Å². The maximum atomic E-state index is 10.5. The fourth-order valence-electron chi connectivity index (χ4n) is 1.64. The molecular weight excluding hydrogens is 200 g/mol. The van der Waals surface area contributed by atoms with E-state index in [1.165, 1.54) is 0 Å². The molecule has 12 heavy (non-hydrogen) atoms. The molecule has 0 aromatic rings. The van der Waals surface area contributed by atoms with Crippen molar-refractivity contribution in [2.24, 2.45) is 0 Å². The zero-order valence-electron chi connectivity index (χ0n) is 7.12. The molecule has 0 atom stereocenters. The molecular formula is C7H14CrO4. The fraction of sp³-hybridized carbons (Fsp3) is 1.00. The van der Waals surface area contributed by atoms with E-state index in [1.807, 2.05) is 0 Å². The summed E-state index contributed by atoms with van der Waals surface area (Å²) in [6.07, 6.45) is 4.51. The monoisotopic (exact) mass is 214 g/mol. The van der Waals surface area contributed by atoms with Gasteiger partial charge in [0.15, 0.2) is 0 Å². The zero-order valence-corrected chi connectivity index (χ0v) is 8.39. The van der Waals surface area contributed by atoms with E-state index in [0.717, 1.165) is 32.1 Å². The molecule has 72 valence electrons. The second kappa shape index (κ2) is 3.43. The summed E-state index contributed by atoms with van der Waals surface area (Å²) in [6.45, 7) is 1.74. The topological polar surface area (TPSA) is 63.6 Å². The van der Waals surface area contributed by atoms with Gasteiger partial charge in [0.05, 0.1) is 0 Å². The van der Waals surface area contributed by atoms with E-state index in [-0.39, 0.29) is 0 Å². The van der Waals surface area contributed by atoms with Crippen LogP contribution < -0.4 is 0 Å². The summed E-state index contributed by atoms with van der Waals surface area (Å²) in [5.74, 6) is 0. The van der Waals surface area contributed by atoms with E-state index in [0.29, 0.717) is 0 Å². The van der Waals surface area contributed by atoms with Gasteiger partial charge in [-0.2, -0.15) is 0 Å². The standard InChI is InChI=1S/C7H13O.Cr.H2O.2O/c1-7(8)5-3-2-4-6-7;;;;/h2-6H2,1H3;;1H2;;/q-1;+2;;;/p-1. The van der Waals surface area contributed by atoms with Crippen LogP contribution in [0.25, 0.3) is 0 Å². The first kappa shape index (κ1) is 10.1. The molecule has 1 N–H and O–H groups in total. The minimum absolute atomic E-state index is 0.642. The molecule has 0 heterocycles. The molecule has 1 aliphatic carbocycles. The molecule has 1 fully saturated rings. The Morgan fingerprint density at radius 3 is 2.17 bits per heavy atom. The molecule has 0 amide bonds. The molecule has 1 aliphatic rings. The first-order chi connectivity index (χ1) is 5.41. The van der Waals surface area contributed by atoms with Crippen molar-refractivity contribution < 1.29 is 29.2 Å². The van der Waals surface area contributed by atoms with Gasteiger partial charge >= 0.3 is 73.8 Å². The molecule has 0 unspecified atom stereocenters. The minimum atomic E-state index is -4.98. The van der Waals surface area contributed by atoms with Gasteiger partial charge in [0.25, 0.3) is 0 Å². The quantitative estimate of drug-likeness (QED) is 0.754. The molecule has 0 aromatic carbocycles. The third kappa shape index (κ3) is 3.20. The molecule has 1 rings (SSSR count). The second-order valence-electron chi connectivity index (χ2n) is 3.52. The summed E-state index contributed by atoms with van der Waals surface area (Å²) >= 11 is -4.98. The van der Waals surface area contributed by atoms with Crippen molar-refractivity contribution in [3.05, 3.63) is 0 Å². The normalized spacial score (nSPS) is 23.8. The van der Waals surface area contributed by atoms with Crippen LogP contribution in [0.5, 0.6) is 0 Å². The van der Waals surface area contributed by atoms with Gasteiger partial charge in [0.1, 0.15) is 0 Å². The van der Waals surface area contributed by atoms with Crippen LogP contribution in [0.3, 0.4) is 0 Å². The van der Waals surface area contributed by atoms with Crippen molar-refractivity contribution >= 4 is 0 Å². The Balaban J connectivity index is 2.59. The van der Waals surface area contributed by atoms with Crippen molar-refractivity contribution in [2.45, 2.75) is 44.6 Å². The van der Waals surface area contributed by atoms with Gasteiger partial charge in [-0.1, -0.05) is 0 Å². The van der Waals surface area contributed by atoms with E-state index in [9.17, 15) is 7.61 Å². The van der Waals surface area contributed by atoms with E-state index in [2.05, 4.69) is 3.79 Å². The molecule has 0 bridgehead atoms. The molecule has 4 nitrogen and oxygen atoms in total. The third-order valence-electron chi connectivity index (χ3n) is 2.22. The number of hydrogen-bond acceptors (Lipinski definition) is 3. The predicted octanol–water partition coefficient (Wildman–Crippen LogP) is 1.39. The predicted molar refractivity (Wildman–Crippen MR) is 36.2 cm³/mol. The number of rotatable bonds is 2. The van der Waals surface area contributed by atoms with Crippen LogP contribution in [0.2, 0.25) is 0 Å². The fourth-order valence-corrected chi connectivity index (χ4v) is 2.69. The Bertz CT molecular complexity index is 238. The molecule has 5 heteroatoms. The Kier molecular flexibility index (Phi) is 2.89. The SMILES string of the molecule is CC1([O][Cr](=[O])(=[O])[OH])CCCCC1. The van der Waals surface area contributed by atoms with E-state index in [1.54, 1.807) is 6.92 Å². The van der Waals surface area contributed by atoms with Crippen molar-refractivity contribution in [2.75, 3.05) is 0 Å². The van der Waals surface area contributed by atoms with Crippen molar-refractivity contribution in [3.8, 4) is 0 Å². The van der Waals surface area contributed by atoms with Gasteiger partial charge in [0, 0.05) is 0 Å². The molecule has 1 saturated carbocycles. The molecule has 0 aliphatic heterocycles. The van der Waals surface area contributed by atoms with Crippen LogP contribution in [0.4, 0.5) is 0 Å². The number of hydrogen-bond donors (Lipinski definition) is 1. The van der Waals surface area contributed by atoms with Crippen molar-refractivity contribution in [1.82, 2.24) is 0 Å². The van der Waals surface area contributed by atoms with Crippen LogP contribution in [0.1, 0.15) is 39.0 Å². The van der Waals surface area contributed by atoms with E-state index >= 15 is 0 Å². The van der Waals surface area contributed by atoms with E-state index < -0.39 is 19.2 Å². The Hall–Kier alpha value is 0.0525. The van der Waals surface area contributed by atoms with Crippen molar-refractivity contribution in [3.63, 3.8) is 0 Å². The van der Waals surface area contributed by atoms with E-state index in [4.69, 9.17) is 4.16 Å². The summed E-state index contributed by atoms with van der Waals surface area (Å²) in [5.41, 5.74) is -0.642. The van der Waals surface area contributed by atoms with Gasteiger partial charge in [0.2, 0.25) is 0 Å². The summed E-state index contributed by atoms with van der Waals surface area (Å²) in [5, 5.41) is 0. The molecule has 0 radical (unpaired) electrons. The Labute approximate surface area is 74.3 Å². The Morgan fingerprint density at radius 1 is 1.25 bits per heavy atom. The van der Waals surface area contributed by atoms with Gasteiger partial charge in [-0.25, -0.2) is 0 Å². The summed E-state index contributed by atoms with van der Waals surface area (Å²) in [7, 11) is 0. The molecule has 0 spiro atoms.